The number of halogens is 1. The van der Waals surface area contributed by atoms with Crippen LogP contribution in [-0.2, 0) is 16.0 Å². The molecule has 1 rings (SSSR count). The minimum Gasteiger partial charge on any atom is -0.479 e. The number of hydrogen-bond donors (Lipinski definition) is 1. The van der Waals surface area contributed by atoms with E-state index in [0.29, 0.717) is 0 Å². The van der Waals surface area contributed by atoms with Gasteiger partial charge in [-0.2, -0.15) is 0 Å². The Hall–Kier alpha value is -1.91. The van der Waals surface area contributed by atoms with Gasteiger partial charge in [-0.1, -0.05) is 18.2 Å². The highest BCUT2D eigenvalue weighted by Crippen LogP contribution is 2.23. The molecule has 19 heavy (non-hydrogen) atoms. The lowest BCUT2D eigenvalue weighted by molar-refractivity contribution is -0.157. The molecular formula is C14H18FNO3. The van der Waals surface area contributed by atoms with E-state index in [1.54, 1.807) is 19.1 Å². The molecule has 0 heterocycles. The Kier molecular flexibility index (Phi) is 4.64. The van der Waals surface area contributed by atoms with Crippen molar-refractivity contribution in [3.8, 4) is 0 Å². The summed E-state index contributed by atoms with van der Waals surface area (Å²) >= 11 is 0. The Morgan fingerprint density at radius 1 is 1.37 bits per heavy atom. The summed E-state index contributed by atoms with van der Waals surface area (Å²) in [6, 6.07) is 6.00. The molecule has 0 spiro atoms. The van der Waals surface area contributed by atoms with Gasteiger partial charge in [0.15, 0.2) is 0 Å². The second-order valence-corrected chi connectivity index (χ2v) is 4.61. The largest absolute Gasteiger partial charge is 0.479 e. The predicted molar refractivity (Wildman–Crippen MR) is 69.2 cm³/mol. The number of benzene rings is 1. The van der Waals surface area contributed by atoms with E-state index in [9.17, 15) is 19.1 Å². The number of carboxylic acid groups (broad SMARTS) is 1. The third-order valence-electron chi connectivity index (χ3n) is 3.25. The molecule has 1 aromatic carbocycles. The first-order valence-corrected chi connectivity index (χ1v) is 6.08. The fourth-order valence-electron chi connectivity index (χ4n) is 2.22. The molecule has 1 aromatic rings. The van der Waals surface area contributed by atoms with Crippen LogP contribution in [-0.4, -0.2) is 34.0 Å². The zero-order valence-corrected chi connectivity index (χ0v) is 11.3. The van der Waals surface area contributed by atoms with Crippen LogP contribution in [0.4, 0.5) is 4.39 Å². The van der Waals surface area contributed by atoms with Crippen LogP contribution >= 0.6 is 0 Å². The van der Waals surface area contributed by atoms with Crippen molar-refractivity contribution in [2.24, 2.45) is 0 Å². The van der Waals surface area contributed by atoms with Crippen LogP contribution in [0.25, 0.3) is 0 Å². The van der Waals surface area contributed by atoms with Crippen molar-refractivity contribution < 1.29 is 19.1 Å². The van der Waals surface area contributed by atoms with E-state index in [-0.39, 0.29) is 24.4 Å². The summed E-state index contributed by atoms with van der Waals surface area (Å²) in [6.07, 6.45) is -0.0670. The summed E-state index contributed by atoms with van der Waals surface area (Å²) in [5.74, 6) is -1.95. The van der Waals surface area contributed by atoms with E-state index >= 15 is 0 Å². The Morgan fingerprint density at radius 2 is 1.95 bits per heavy atom. The molecule has 0 aliphatic heterocycles. The molecule has 1 atom stereocenters. The molecule has 104 valence electrons. The Balaban J connectivity index is 3.17. The van der Waals surface area contributed by atoms with Gasteiger partial charge >= 0.3 is 5.97 Å². The number of carbonyl (C=O) groups is 2. The predicted octanol–water partition coefficient (Wildman–Crippen LogP) is 2.08. The zero-order chi connectivity index (χ0) is 14.6. The number of hydrogen-bond acceptors (Lipinski definition) is 2. The molecule has 1 unspecified atom stereocenters. The number of carbonyl (C=O) groups excluding carboxylic acids is 1. The van der Waals surface area contributed by atoms with Gasteiger partial charge in [0.2, 0.25) is 5.91 Å². The van der Waals surface area contributed by atoms with Gasteiger partial charge in [-0.25, -0.2) is 9.18 Å². The van der Waals surface area contributed by atoms with Crippen LogP contribution in [0.2, 0.25) is 0 Å². The van der Waals surface area contributed by atoms with Crippen LogP contribution in [0.15, 0.2) is 24.3 Å². The molecule has 0 fully saturated rings. The third kappa shape index (κ3) is 3.10. The molecule has 0 aromatic heterocycles. The Bertz CT molecular complexity index is 489. The fourth-order valence-corrected chi connectivity index (χ4v) is 2.22. The summed E-state index contributed by atoms with van der Waals surface area (Å²) in [5, 5.41) is 9.42. The normalized spacial score (nSPS) is 13.7. The van der Waals surface area contributed by atoms with E-state index in [0.717, 1.165) is 0 Å². The van der Waals surface area contributed by atoms with Gasteiger partial charge in [0.25, 0.3) is 0 Å². The maximum absolute atomic E-state index is 13.7. The molecule has 0 bridgehead atoms. The fraction of sp³-hybridized carbons (Fsp3) is 0.429. The van der Waals surface area contributed by atoms with Gasteiger partial charge in [0.05, 0.1) is 0 Å². The molecule has 0 saturated heterocycles. The second kappa shape index (κ2) is 5.82. The third-order valence-corrected chi connectivity index (χ3v) is 3.25. The monoisotopic (exact) mass is 267 g/mol. The molecule has 5 heteroatoms. The summed E-state index contributed by atoms with van der Waals surface area (Å²) in [5.41, 5.74) is -1.17. The maximum Gasteiger partial charge on any atom is 0.329 e. The molecule has 1 amide bonds. The van der Waals surface area contributed by atoms with Crippen molar-refractivity contribution in [1.82, 2.24) is 4.90 Å². The SMILES string of the molecule is CCN(C(C)=O)C(C)(Cc1ccccc1F)C(=O)O. The molecular weight excluding hydrogens is 249 g/mol. The van der Waals surface area contributed by atoms with Gasteiger partial charge in [0.1, 0.15) is 11.4 Å². The summed E-state index contributed by atoms with van der Waals surface area (Å²) in [6.45, 7) is 4.70. The van der Waals surface area contributed by atoms with Crippen LogP contribution < -0.4 is 0 Å². The van der Waals surface area contributed by atoms with E-state index in [1.807, 2.05) is 0 Å². The van der Waals surface area contributed by atoms with E-state index < -0.39 is 17.3 Å². The highest BCUT2D eigenvalue weighted by atomic mass is 19.1. The lowest BCUT2D eigenvalue weighted by atomic mass is 9.90. The summed E-state index contributed by atoms with van der Waals surface area (Å²) in [4.78, 5) is 24.3. The topological polar surface area (TPSA) is 57.6 Å². The van der Waals surface area contributed by atoms with Crippen molar-refractivity contribution in [3.63, 3.8) is 0 Å². The smallest absolute Gasteiger partial charge is 0.329 e. The molecule has 0 aliphatic rings. The second-order valence-electron chi connectivity index (χ2n) is 4.61. The first-order chi connectivity index (χ1) is 8.82. The van der Waals surface area contributed by atoms with Gasteiger partial charge in [-0.05, 0) is 25.5 Å². The molecule has 0 aliphatic carbocycles. The summed E-state index contributed by atoms with van der Waals surface area (Å²) < 4.78 is 13.7. The van der Waals surface area contributed by atoms with E-state index in [4.69, 9.17) is 0 Å². The lowest BCUT2D eigenvalue weighted by Crippen LogP contribution is -2.56. The first-order valence-electron chi connectivity index (χ1n) is 6.08. The van der Waals surface area contributed by atoms with Crippen LogP contribution in [0.1, 0.15) is 26.3 Å². The molecule has 4 nitrogen and oxygen atoms in total. The average Bonchev–Trinajstić information content (AvgIpc) is 2.32. The number of aliphatic carboxylic acids is 1. The van der Waals surface area contributed by atoms with Crippen LogP contribution in [0.3, 0.4) is 0 Å². The highest BCUT2D eigenvalue weighted by Gasteiger charge is 2.41. The number of rotatable bonds is 5. The van der Waals surface area contributed by atoms with E-state index in [1.165, 1.54) is 30.9 Å². The summed E-state index contributed by atoms with van der Waals surface area (Å²) in [7, 11) is 0. The quantitative estimate of drug-likeness (QED) is 0.888. The van der Waals surface area contributed by atoms with E-state index in [2.05, 4.69) is 0 Å². The van der Waals surface area contributed by atoms with Crippen LogP contribution in [0.5, 0.6) is 0 Å². The van der Waals surface area contributed by atoms with Crippen molar-refractivity contribution >= 4 is 11.9 Å². The number of amides is 1. The van der Waals surface area contributed by atoms with Gasteiger partial charge in [0, 0.05) is 19.9 Å². The first kappa shape index (κ1) is 15.1. The van der Waals surface area contributed by atoms with Crippen LogP contribution in [0, 0.1) is 5.82 Å². The van der Waals surface area contributed by atoms with Crippen molar-refractivity contribution in [2.45, 2.75) is 32.7 Å². The van der Waals surface area contributed by atoms with Gasteiger partial charge in [-0.3, -0.25) is 4.79 Å². The van der Waals surface area contributed by atoms with Gasteiger partial charge in [-0.15, -0.1) is 0 Å². The minimum atomic E-state index is -1.46. The Labute approximate surface area is 111 Å². The number of nitrogens with zero attached hydrogens (tertiary/aromatic N) is 1. The highest BCUT2D eigenvalue weighted by molar-refractivity contribution is 5.86. The number of likely N-dealkylation sites (N-methyl/N-ethyl adjacent to an activating group) is 1. The number of carboxylic acids is 1. The lowest BCUT2D eigenvalue weighted by Gasteiger charge is -2.36. The maximum atomic E-state index is 13.7. The molecule has 0 radical (unpaired) electrons. The van der Waals surface area contributed by atoms with Crippen molar-refractivity contribution in [2.75, 3.05) is 6.54 Å². The average molecular weight is 267 g/mol. The molecule has 0 saturated carbocycles. The Morgan fingerprint density at radius 3 is 2.37 bits per heavy atom. The van der Waals surface area contributed by atoms with Crippen molar-refractivity contribution in [3.05, 3.63) is 35.6 Å². The molecule has 1 N–H and O–H groups in total. The zero-order valence-electron chi connectivity index (χ0n) is 11.3. The minimum absolute atomic E-state index is 0.0670. The van der Waals surface area contributed by atoms with Gasteiger partial charge < -0.3 is 10.0 Å². The standard InChI is InChI=1S/C14H18FNO3/c1-4-16(10(2)17)14(3,13(18)19)9-11-7-5-6-8-12(11)15/h5-8H,4,9H2,1-3H3,(H,18,19). The van der Waals surface area contributed by atoms with Crippen molar-refractivity contribution in [1.29, 1.82) is 0 Å².